The fraction of sp³-hybridized carbons (Fsp3) is 0.550. The van der Waals surface area contributed by atoms with Gasteiger partial charge in [-0.15, -0.1) is 0 Å². The predicted octanol–water partition coefficient (Wildman–Crippen LogP) is 2.61. The third kappa shape index (κ3) is 7.34. The van der Waals surface area contributed by atoms with Gasteiger partial charge in [0.05, 0.1) is 6.10 Å². The molecule has 1 aromatic carbocycles. The van der Waals surface area contributed by atoms with Gasteiger partial charge in [-0.05, 0) is 19.4 Å². The fourth-order valence-corrected chi connectivity index (χ4v) is 3.32. The van der Waals surface area contributed by atoms with Crippen molar-refractivity contribution in [1.82, 2.24) is 10.2 Å². The van der Waals surface area contributed by atoms with Crippen LogP contribution in [0.2, 0.25) is 0 Å². The van der Waals surface area contributed by atoms with Crippen molar-refractivity contribution in [3.05, 3.63) is 35.1 Å². The van der Waals surface area contributed by atoms with Crippen molar-refractivity contribution in [2.45, 2.75) is 57.1 Å². The Hall–Kier alpha value is -2.83. The Balaban J connectivity index is 2.08. The molecule has 3 atom stereocenters. The summed E-state index contributed by atoms with van der Waals surface area (Å²) in [4.78, 5) is 37.8. The van der Waals surface area contributed by atoms with E-state index in [2.05, 4.69) is 10.1 Å². The summed E-state index contributed by atoms with van der Waals surface area (Å²) in [7, 11) is 1.17. The normalized spacial score (nSPS) is 18.2. The highest BCUT2D eigenvalue weighted by Gasteiger charge is 2.37. The molecule has 2 amide bonds. The van der Waals surface area contributed by atoms with Gasteiger partial charge in [0, 0.05) is 44.2 Å². The summed E-state index contributed by atoms with van der Waals surface area (Å²) in [6.07, 6.45) is -6.06. The van der Waals surface area contributed by atoms with Gasteiger partial charge < -0.3 is 19.7 Å². The average molecular weight is 484 g/mol. The molecule has 2 rings (SSSR count). The number of benzene rings is 1. The van der Waals surface area contributed by atoms with Crippen molar-refractivity contribution >= 4 is 17.8 Å². The Morgan fingerprint density at radius 2 is 1.91 bits per heavy atom. The maximum absolute atomic E-state index is 14.0. The van der Waals surface area contributed by atoms with E-state index in [1.54, 1.807) is 0 Å². The number of amides is 2. The largest absolute Gasteiger partial charge is 0.454 e. The molecule has 7 nitrogen and oxygen atoms in total. The number of nitrogens with zero attached hydrogens (tertiary/aromatic N) is 1. The molecule has 1 aromatic rings. The standard InChI is InChI=1S/C20H22F6N2O5/c1-10(32-2)18(19(31)33-9-20(24,25)26)27-15(29)7-13-3-4-16(30)28(13)8-11-5-12(21)6-14(22)17(11)23/h5-6,10,13,18H,3-4,7-9H2,1-2H3,(H,27,29)/t10-,13+,18+/m1/s1. The highest BCUT2D eigenvalue weighted by atomic mass is 19.4. The third-order valence-corrected chi connectivity index (χ3v) is 5.07. The molecule has 1 saturated heterocycles. The second-order valence-corrected chi connectivity index (χ2v) is 7.49. The Bertz CT molecular complexity index is 894. The van der Waals surface area contributed by atoms with Crippen LogP contribution in [-0.4, -0.2) is 60.8 Å². The van der Waals surface area contributed by atoms with E-state index >= 15 is 0 Å². The molecular formula is C20H22F6N2O5. The highest BCUT2D eigenvalue weighted by molar-refractivity contribution is 5.86. The smallest absolute Gasteiger partial charge is 0.422 e. The number of ether oxygens (including phenoxy) is 2. The summed E-state index contributed by atoms with van der Waals surface area (Å²) in [5, 5.41) is 2.22. The minimum atomic E-state index is -4.77. The van der Waals surface area contributed by atoms with Crippen molar-refractivity contribution in [3.8, 4) is 0 Å². The van der Waals surface area contributed by atoms with E-state index in [-0.39, 0.29) is 12.8 Å². The van der Waals surface area contributed by atoms with Gasteiger partial charge in [0.25, 0.3) is 0 Å². The minimum absolute atomic E-state index is 0.0110. The van der Waals surface area contributed by atoms with E-state index < -0.39 is 84.7 Å². The van der Waals surface area contributed by atoms with Crippen molar-refractivity contribution in [2.75, 3.05) is 13.7 Å². The number of likely N-dealkylation sites (tertiary alicyclic amines) is 1. The van der Waals surface area contributed by atoms with Crippen molar-refractivity contribution in [1.29, 1.82) is 0 Å². The van der Waals surface area contributed by atoms with Crippen molar-refractivity contribution < 1.29 is 50.2 Å². The van der Waals surface area contributed by atoms with Crippen LogP contribution in [0.5, 0.6) is 0 Å². The number of alkyl halides is 3. The van der Waals surface area contributed by atoms with Gasteiger partial charge in [-0.1, -0.05) is 0 Å². The van der Waals surface area contributed by atoms with Gasteiger partial charge in [-0.3, -0.25) is 9.59 Å². The molecule has 1 aliphatic heterocycles. The van der Waals surface area contributed by atoms with Crippen LogP contribution >= 0.6 is 0 Å². The van der Waals surface area contributed by atoms with Crippen LogP contribution in [-0.2, 0) is 30.4 Å². The molecule has 13 heteroatoms. The number of methoxy groups -OCH3 is 1. The van der Waals surface area contributed by atoms with Gasteiger partial charge in [0.1, 0.15) is 5.82 Å². The van der Waals surface area contributed by atoms with E-state index in [1.165, 1.54) is 14.0 Å². The first kappa shape index (κ1) is 26.4. The minimum Gasteiger partial charge on any atom is -0.454 e. The first-order valence-electron chi connectivity index (χ1n) is 9.80. The topological polar surface area (TPSA) is 84.9 Å². The van der Waals surface area contributed by atoms with E-state index in [0.29, 0.717) is 6.07 Å². The Kier molecular flexibility index (Phi) is 8.69. The van der Waals surface area contributed by atoms with Gasteiger partial charge in [0.2, 0.25) is 11.8 Å². The number of halogens is 6. The van der Waals surface area contributed by atoms with Crippen molar-refractivity contribution in [3.63, 3.8) is 0 Å². The Morgan fingerprint density at radius 1 is 1.24 bits per heavy atom. The van der Waals surface area contributed by atoms with Gasteiger partial charge in [0.15, 0.2) is 24.3 Å². The molecule has 0 aliphatic carbocycles. The molecule has 0 radical (unpaired) electrons. The summed E-state index contributed by atoms with van der Waals surface area (Å²) in [5.41, 5.74) is -0.422. The lowest BCUT2D eigenvalue weighted by molar-refractivity contribution is -0.189. The molecule has 0 unspecified atom stereocenters. The van der Waals surface area contributed by atoms with Gasteiger partial charge in [-0.25, -0.2) is 18.0 Å². The maximum Gasteiger partial charge on any atom is 0.422 e. The zero-order valence-corrected chi connectivity index (χ0v) is 17.7. The van der Waals surface area contributed by atoms with Crippen LogP contribution in [0.3, 0.4) is 0 Å². The SMILES string of the molecule is CO[C@H](C)[C@H](NC(=O)C[C@@H]1CCC(=O)N1Cc1cc(F)cc(F)c1F)C(=O)OCC(F)(F)F. The number of hydrogen-bond donors (Lipinski definition) is 1. The van der Waals surface area contributed by atoms with E-state index in [9.17, 15) is 40.7 Å². The van der Waals surface area contributed by atoms with E-state index in [0.717, 1.165) is 11.0 Å². The lowest BCUT2D eigenvalue weighted by Gasteiger charge is -2.27. The third-order valence-electron chi connectivity index (χ3n) is 5.07. The van der Waals surface area contributed by atoms with Crippen LogP contribution in [0.15, 0.2) is 12.1 Å². The van der Waals surface area contributed by atoms with Crippen molar-refractivity contribution in [2.24, 2.45) is 0 Å². The molecule has 0 bridgehead atoms. The molecule has 1 fully saturated rings. The zero-order valence-electron chi connectivity index (χ0n) is 17.7. The lowest BCUT2D eigenvalue weighted by Crippen LogP contribution is -2.50. The first-order valence-corrected chi connectivity index (χ1v) is 9.80. The lowest BCUT2D eigenvalue weighted by atomic mass is 10.1. The summed E-state index contributed by atoms with van der Waals surface area (Å²) < 4.78 is 87.0. The number of carbonyl (C=O) groups excluding carboxylic acids is 3. The van der Waals surface area contributed by atoms with Crippen LogP contribution < -0.4 is 5.32 Å². The van der Waals surface area contributed by atoms with Gasteiger partial charge >= 0.3 is 12.1 Å². The van der Waals surface area contributed by atoms with Crippen LogP contribution in [0.1, 0.15) is 31.7 Å². The first-order chi connectivity index (χ1) is 15.3. The monoisotopic (exact) mass is 484 g/mol. The second kappa shape index (κ2) is 10.9. The molecule has 0 spiro atoms. The molecule has 0 aromatic heterocycles. The molecule has 1 N–H and O–H groups in total. The van der Waals surface area contributed by atoms with E-state index in [1.807, 2.05) is 0 Å². The molecular weight excluding hydrogens is 462 g/mol. The molecule has 1 heterocycles. The fourth-order valence-electron chi connectivity index (χ4n) is 3.32. The number of hydrogen-bond acceptors (Lipinski definition) is 5. The van der Waals surface area contributed by atoms with Crippen LogP contribution in [0.4, 0.5) is 26.3 Å². The Labute approximate surface area is 185 Å². The summed E-state index contributed by atoms with van der Waals surface area (Å²) in [5.74, 6) is -6.47. The second-order valence-electron chi connectivity index (χ2n) is 7.49. The summed E-state index contributed by atoms with van der Waals surface area (Å²) in [6, 6.07) is -1.28. The molecule has 1 aliphatic rings. The molecule has 184 valence electrons. The molecule has 33 heavy (non-hydrogen) atoms. The highest BCUT2D eigenvalue weighted by Crippen LogP contribution is 2.26. The Morgan fingerprint density at radius 3 is 2.52 bits per heavy atom. The number of nitrogens with one attached hydrogen (secondary N) is 1. The summed E-state index contributed by atoms with van der Waals surface area (Å²) in [6.45, 7) is -1.02. The predicted molar refractivity (Wildman–Crippen MR) is 99.9 cm³/mol. The number of rotatable bonds is 9. The molecule has 0 saturated carbocycles. The summed E-state index contributed by atoms with van der Waals surface area (Å²) >= 11 is 0. The quantitative estimate of drug-likeness (QED) is 0.331. The van der Waals surface area contributed by atoms with E-state index in [4.69, 9.17) is 4.74 Å². The maximum atomic E-state index is 14.0. The number of carbonyl (C=O) groups is 3. The average Bonchev–Trinajstić information content (AvgIpc) is 3.06. The van der Waals surface area contributed by atoms with Gasteiger partial charge in [-0.2, -0.15) is 13.2 Å². The van der Waals surface area contributed by atoms with Crippen LogP contribution in [0.25, 0.3) is 0 Å². The number of esters is 1. The van der Waals surface area contributed by atoms with Crippen LogP contribution in [0, 0.1) is 17.5 Å². The zero-order chi connectivity index (χ0) is 24.9.